The third-order valence-corrected chi connectivity index (χ3v) is 4.97. The summed E-state index contributed by atoms with van der Waals surface area (Å²) in [5.74, 6) is 0.475. The zero-order chi connectivity index (χ0) is 18.5. The summed E-state index contributed by atoms with van der Waals surface area (Å²) >= 11 is 0. The van der Waals surface area contributed by atoms with Crippen molar-refractivity contribution in [1.29, 1.82) is 0 Å². The van der Waals surface area contributed by atoms with Crippen LogP contribution in [0.25, 0.3) is 50.3 Å². The van der Waals surface area contributed by atoms with E-state index >= 15 is 0 Å². The summed E-state index contributed by atoms with van der Waals surface area (Å²) in [5.41, 5.74) is 5.24. The number of para-hydroxylation sites is 2. The van der Waals surface area contributed by atoms with Crippen molar-refractivity contribution in [2.75, 3.05) is 0 Å². The first-order chi connectivity index (χ1) is 13.9. The number of fused-ring (bicyclic) bond motifs is 4. The van der Waals surface area contributed by atoms with Crippen molar-refractivity contribution in [2.24, 2.45) is 0 Å². The van der Waals surface area contributed by atoms with E-state index in [1.54, 1.807) is 6.20 Å². The molecular formula is C23H14N4O. The highest BCUT2D eigenvalue weighted by Gasteiger charge is 2.13. The Kier molecular flexibility index (Phi) is 3.10. The smallest absolute Gasteiger partial charge is 0.248 e. The number of hydrogen-bond donors (Lipinski definition) is 0. The lowest BCUT2D eigenvalue weighted by atomic mass is 10.2. The summed E-state index contributed by atoms with van der Waals surface area (Å²) in [6.45, 7) is 0. The molecule has 0 N–H and O–H groups in total. The summed E-state index contributed by atoms with van der Waals surface area (Å²) in [4.78, 5) is 13.3. The predicted molar refractivity (Wildman–Crippen MR) is 109 cm³/mol. The quantitative estimate of drug-likeness (QED) is 0.415. The van der Waals surface area contributed by atoms with Gasteiger partial charge in [0.15, 0.2) is 0 Å². The van der Waals surface area contributed by atoms with Gasteiger partial charge >= 0.3 is 0 Å². The number of hydrogen-bond acceptors (Lipinski definition) is 4. The highest BCUT2D eigenvalue weighted by atomic mass is 16.4. The van der Waals surface area contributed by atoms with Crippen molar-refractivity contribution in [3.63, 3.8) is 0 Å². The summed E-state index contributed by atoms with van der Waals surface area (Å²) < 4.78 is 7.96. The molecule has 0 radical (unpaired) electrons. The molecule has 132 valence electrons. The molecule has 0 aliphatic carbocycles. The van der Waals surface area contributed by atoms with E-state index < -0.39 is 0 Å². The lowest BCUT2D eigenvalue weighted by molar-refractivity contribution is 0.605. The highest BCUT2D eigenvalue weighted by molar-refractivity contribution is 6.09. The van der Waals surface area contributed by atoms with Crippen LogP contribution in [0.5, 0.6) is 0 Å². The number of pyridine rings is 2. The van der Waals surface area contributed by atoms with Gasteiger partial charge in [0.25, 0.3) is 0 Å². The second-order valence-corrected chi connectivity index (χ2v) is 6.62. The summed E-state index contributed by atoms with van der Waals surface area (Å²) in [7, 11) is 0. The van der Waals surface area contributed by atoms with E-state index in [4.69, 9.17) is 4.42 Å². The monoisotopic (exact) mass is 362 g/mol. The Hall–Kier alpha value is -3.99. The van der Waals surface area contributed by atoms with Crippen LogP contribution in [0.1, 0.15) is 0 Å². The van der Waals surface area contributed by atoms with Gasteiger partial charge in [-0.05, 0) is 36.4 Å². The van der Waals surface area contributed by atoms with Gasteiger partial charge in [-0.15, -0.1) is 0 Å². The minimum absolute atomic E-state index is 0.475. The molecule has 0 spiro atoms. The van der Waals surface area contributed by atoms with Crippen molar-refractivity contribution in [3.05, 3.63) is 85.2 Å². The van der Waals surface area contributed by atoms with Crippen LogP contribution >= 0.6 is 0 Å². The zero-order valence-electron chi connectivity index (χ0n) is 14.8. The number of rotatable bonds is 2. The van der Waals surface area contributed by atoms with Gasteiger partial charge in [0.2, 0.25) is 11.6 Å². The van der Waals surface area contributed by atoms with Gasteiger partial charge in [-0.2, -0.15) is 0 Å². The predicted octanol–water partition coefficient (Wildman–Crippen LogP) is 5.38. The average Bonchev–Trinajstić information content (AvgIpc) is 3.33. The fraction of sp³-hybridized carbons (Fsp3) is 0. The summed E-state index contributed by atoms with van der Waals surface area (Å²) in [5, 5.41) is 2.46. The van der Waals surface area contributed by atoms with Crippen molar-refractivity contribution in [2.45, 2.75) is 0 Å². The molecule has 4 aromatic heterocycles. The van der Waals surface area contributed by atoms with Gasteiger partial charge in [-0.3, -0.25) is 0 Å². The SMILES string of the molecule is c1cnc2oc(-c3ccc(-n4c5ccccc5c5ccccc54)cn3)nc2c1. The second kappa shape index (κ2) is 5.76. The minimum atomic E-state index is 0.475. The van der Waals surface area contributed by atoms with Crippen LogP contribution < -0.4 is 0 Å². The van der Waals surface area contributed by atoms with E-state index in [0.717, 1.165) is 22.2 Å². The number of aromatic nitrogens is 4. The molecule has 0 saturated heterocycles. The Bertz CT molecular complexity index is 1370. The largest absolute Gasteiger partial charge is 0.416 e. The molecule has 5 nitrogen and oxygen atoms in total. The molecule has 0 fully saturated rings. The molecule has 0 aliphatic rings. The maximum atomic E-state index is 5.73. The fourth-order valence-corrected chi connectivity index (χ4v) is 3.72. The average molecular weight is 362 g/mol. The molecule has 6 aromatic rings. The molecule has 0 saturated carbocycles. The molecule has 28 heavy (non-hydrogen) atoms. The van der Waals surface area contributed by atoms with Crippen LogP contribution in [0.3, 0.4) is 0 Å². The fourth-order valence-electron chi connectivity index (χ4n) is 3.72. The van der Waals surface area contributed by atoms with Gasteiger partial charge in [-0.25, -0.2) is 15.0 Å². The van der Waals surface area contributed by atoms with E-state index in [-0.39, 0.29) is 0 Å². The van der Waals surface area contributed by atoms with Crippen molar-refractivity contribution in [1.82, 2.24) is 19.5 Å². The van der Waals surface area contributed by atoms with Crippen LogP contribution in [0.15, 0.2) is 89.6 Å². The number of benzene rings is 2. The first kappa shape index (κ1) is 15.1. The zero-order valence-corrected chi connectivity index (χ0v) is 14.8. The molecule has 6 rings (SSSR count). The maximum Gasteiger partial charge on any atom is 0.248 e. The Morgan fingerprint density at radius 1 is 0.714 bits per heavy atom. The van der Waals surface area contributed by atoms with Gasteiger partial charge in [0.05, 0.1) is 22.9 Å². The van der Waals surface area contributed by atoms with Crippen LogP contribution in [-0.2, 0) is 0 Å². The van der Waals surface area contributed by atoms with Crippen molar-refractivity contribution >= 4 is 33.0 Å². The van der Waals surface area contributed by atoms with E-state index in [1.165, 1.54) is 10.8 Å². The Balaban J connectivity index is 1.52. The normalized spacial score (nSPS) is 11.6. The lowest BCUT2D eigenvalue weighted by Gasteiger charge is -2.07. The van der Waals surface area contributed by atoms with Crippen LogP contribution in [0.4, 0.5) is 0 Å². The topological polar surface area (TPSA) is 56.7 Å². The van der Waals surface area contributed by atoms with Crippen LogP contribution in [0.2, 0.25) is 0 Å². The minimum Gasteiger partial charge on any atom is -0.416 e. The van der Waals surface area contributed by atoms with E-state index in [2.05, 4.69) is 68.0 Å². The van der Waals surface area contributed by atoms with Crippen LogP contribution in [-0.4, -0.2) is 19.5 Å². The maximum absolute atomic E-state index is 5.73. The lowest BCUT2D eigenvalue weighted by Crippen LogP contribution is -1.95. The van der Waals surface area contributed by atoms with E-state index in [9.17, 15) is 0 Å². The molecule has 0 bridgehead atoms. The molecule has 0 unspecified atom stereocenters. The summed E-state index contributed by atoms with van der Waals surface area (Å²) in [6, 6.07) is 24.5. The Morgan fingerprint density at radius 2 is 1.46 bits per heavy atom. The molecule has 0 amide bonds. The Morgan fingerprint density at radius 3 is 2.14 bits per heavy atom. The third-order valence-electron chi connectivity index (χ3n) is 4.97. The highest BCUT2D eigenvalue weighted by Crippen LogP contribution is 2.32. The van der Waals surface area contributed by atoms with Gasteiger partial charge < -0.3 is 8.98 Å². The Labute approximate surface area is 159 Å². The molecule has 0 atom stereocenters. The van der Waals surface area contributed by atoms with Gasteiger partial charge in [-0.1, -0.05) is 36.4 Å². The first-order valence-electron chi connectivity index (χ1n) is 9.05. The van der Waals surface area contributed by atoms with Crippen LogP contribution in [0, 0.1) is 0 Å². The molecule has 0 aliphatic heterocycles. The van der Waals surface area contributed by atoms with Crippen molar-refractivity contribution < 1.29 is 4.42 Å². The molecular weight excluding hydrogens is 348 g/mol. The molecule has 5 heteroatoms. The van der Waals surface area contributed by atoms with Gasteiger partial charge in [0, 0.05) is 17.0 Å². The first-order valence-corrected chi connectivity index (χ1v) is 9.05. The standard InChI is InChI=1S/C23H14N4O/c1-3-9-20-16(6-1)17-7-2-4-10-21(17)27(20)15-11-12-18(25-14-15)23-26-19-8-5-13-24-22(19)28-23/h1-14H. The number of oxazole rings is 1. The third kappa shape index (κ3) is 2.16. The number of nitrogens with zero attached hydrogens (tertiary/aromatic N) is 4. The van der Waals surface area contributed by atoms with Crippen molar-refractivity contribution in [3.8, 4) is 17.3 Å². The second-order valence-electron chi connectivity index (χ2n) is 6.62. The van der Waals surface area contributed by atoms with E-state index in [1.807, 2.05) is 30.5 Å². The summed E-state index contributed by atoms with van der Waals surface area (Å²) in [6.07, 6.45) is 3.55. The molecule has 4 heterocycles. The molecule has 2 aromatic carbocycles. The van der Waals surface area contributed by atoms with E-state index in [0.29, 0.717) is 17.3 Å². The van der Waals surface area contributed by atoms with Gasteiger partial charge in [0.1, 0.15) is 11.2 Å².